The monoisotopic (exact) mass is 270 g/mol. The number of rotatable bonds is 4. The highest BCUT2D eigenvalue weighted by molar-refractivity contribution is 5.94. The van der Waals surface area contributed by atoms with Crippen LogP contribution in [0.4, 0.5) is 5.69 Å². The lowest BCUT2D eigenvalue weighted by molar-refractivity contribution is -0.385. The van der Waals surface area contributed by atoms with Gasteiger partial charge in [0.05, 0.1) is 22.3 Å². The number of benzene rings is 1. The molecule has 100 valence electrons. The van der Waals surface area contributed by atoms with Crippen LogP contribution < -0.4 is 5.43 Å². The first kappa shape index (κ1) is 13.3. The highest BCUT2D eigenvalue weighted by atomic mass is 16.6. The van der Waals surface area contributed by atoms with Crippen molar-refractivity contribution in [2.75, 3.05) is 0 Å². The number of amides is 1. The summed E-state index contributed by atoms with van der Waals surface area (Å²) in [7, 11) is 0. The molecule has 7 nitrogen and oxygen atoms in total. The number of nitro groups is 1. The molecule has 0 unspecified atom stereocenters. The van der Waals surface area contributed by atoms with Crippen LogP contribution in [-0.2, 0) is 0 Å². The van der Waals surface area contributed by atoms with Gasteiger partial charge in [0.15, 0.2) is 0 Å². The lowest BCUT2D eigenvalue weighted by atomic mass is 10.2. The minimum Gasteiger partial charge on any atom is -0.267 e. The number of nitrogens with one attached hydrogen (secondary N) is 1. The highest BCUT2D eigenvalue weighted by Crippen LogP contribution is 2.14. The van der Waals surface area contributed by atoms with E-state index in [0.29, 0.717) is 11.1 Å². The Morgan fingerprint density at radius 3 is 2.80 bits per heavy atom. The lowest BCUT2D eigenvalue weighted by Crippen LogP contribution is -2.17. The highest BCUT2D eigenvalue weighted by Gasteiger charge is 2.10. The van der Waals surface area contributed by atoms with Crippen molar-refractivity contribution in [3.8, 4) is 0 Å². The van der Waals surface area contributed by atoms with Gasteiger partial charge in [0.1, 0.15) is 0 Å². The maximum absolute atomic E-state index is 11.7. The van der Waals surface area contributed by atoms with Crippen molar-refractivity contribution in [2.24, 2.45) is 5.10 Å². The van der Waals surface area contributed by atoms with E-state index in [2.05, 4.69) is 15.5 Å². The van der Waals surface area contributed by atoms with E-state index < -0.39 is 10.8 Å². The zero-order chi connectivity index (χ0) is 14.4. The summed E-state index contributed by atoms with van der Waals surface area (Å²) in [5.74, 6) is -0.437. The molecule has 1 heterocycles. The molecule has 0 atom stereocenters. The molecule has 0 fully saturated rings. The predicted molar refractivity (Wildman–Crippen MR) is 72.4 cm³/mol. The third kappa shape index (κ3) is 3.22. The van der Waals surface area contributed by atoms with Crippen molar-refractivity contribution >= 4 is 17.8 Å². The van der Waals surface area contributed by atoms with Crippen LogP contribution in [0.3, 0.4) is 0 Å². The van der Waals surface area contributed by atoms with Crippen molar-refractivity contribution in [2.45, 2.75) is 0 Å². The van der Waals surface area contributed by atoms with Crippen molar-refractivity contribution in [1.82, 2.24) is 10.4 Å². The number of nitrogens with zero attached hydrogens (tertiary/aromatic N) is 3. The van der Waals surface area contributed by atoms with Gasteiger partial charge in [-0.3, -0.25) is 19.9 Å². The second kappa shape index (κ2) is 6.19. The molecule has 2 aromatic rings. The van der Waals surface area contributed by atoms with Crippen LogP contribution in [0, 0.1) is 10.1 Å². The van der Waals surface area contributed by atoms with Crippen LogP contribution in [0.2, 0.25) is 0 Å². The van der Waals surface area contributed by atoms with Gasteiger partial charge in [-0.05, 0) is 18.2 Å². The number of hydrogen-bond donors (Lipinski definition) is 1. The summed E-state index contributed by atoms with van der Waals surface area (Å²) >= 11 is 0. The molecule has 0 radical (unpaired) electrons. The number of pyridine rings is 1. The summed E-state index contributed by atoms with van der Waals surface area (Å²) in [6, 6.07) is 9.33. The Bertz CT molecular complexity index is 656. The summed E-state index contributed by atoms with van der Waals surface area (Å²) < 4.78 is 0. The van der Waals surface area contributed by atoms with Gasteiger partial charge in [0, 0.05) is 18.5 Å². The zero-order valence-corrected chi connectivity index (χ0v) is 10.3. The zero-order valence-electron chi connectivity index (χ0n) is 10.3. The molecule has 20 heavy (non-hydrogen) atoms. The number of carbonyl (C=O) groups excluding carboxylic acids is 1. The van der Waals surface area contributed by atoms with Crippen LogP contribution in [0.5, 0.6) is 0 Å². The number of carbonyl (C=O) groups is 1. The van der Waals surface area contributed by atoms with Crippen LogP contribution in [0.25, 0.3) is 0 Å². The van der Waals surface area contributed by atoms with E-state index in [1.165, 1.54) is 24.5 Å². The molecule has 0 saturated heterocycles. The van der Waals surface area contributed by atoms with Crippen LogP contribution in [-0.4, -0.2) is 22.0 Å². The van der Waals surface area contributed by atoms with Crippen molar-refractivity contribution in [3.63, 3.8) is 0 Å². The van der Waals surface area contributed by atoms with Crippen LogP contribution in [0.1, 0.15) is 15.9 Å². The Balaban J connectivity index is 2.08. The number of para-hydroxylation sites is 1. The second-order valence-electron chi connectivity index (χ2n) is 3.76. The Kier molecular flexibility index (Phi) is 4.13. The van der Waals surface area contributed by atoms with Crippen LogP contribution in [0.15, 0.2) is 53.9 Å². The number of nitro benzene ring substituents is 1. The van der Waals surface area contributed by atoms with E-state index in [0.717, 1.165) is 0 Å². The van der Waals surface area contributed by atoms with Gasteiger partial charge in [-0.15, -0.1) is 0 Å². The summed E-state index contributed by atoms with van der Waals surface area (Å²) in [5.41, 5.74) is 2.87. The molecule has 0 bridgehead atoms. The van der Waals surface area contributed by atoms with E-state index in [4.69, 9.17) is 0 Å². The quantitative estimate of drug-likeness (QED) is 0.520. The van der Waals surface area contributed by atoms with Crippen molar-refractivity contribution in [3.05, 3.63) is 70.0 Å². The Morgan fingerprint density at radius 2 is 2.10 bits per heavy atom. The average molecular weight is 270 g/mol. The van der Waals surface area contributed by atoms with Gasteiger partial charge in [0.25, 0.3) is 11.6 Å². The molecule has 1 aromatic carbocycles. The Morgan fingerprint density at radius 1 is 1.30 bits per heavy atom. The first-order valence-corrected chi connectivity index (χ1v) is 5.65. The van der Waals surface area contributed by atoms with Gasteiger partial charge in [-0.25, -0.2) is 5.43 Å². The predicted octanol–water partition coefficient (Wildman–Crippen LogP) is 1.75. The summed E-state index contributed by atoms with van der Waals surface area (Å²) in [6.45, 7) is 0. The van der Waals surface area contributed by atoms with Gasteiger partial charge < -0.3 is 0 Å². The molecule has 1 amide bonds. The van der Waals surface area contributed by atoms with Gasteiger partial charge in [-0.2, -0.15) is 5.10 Å². The molecule has 0 aliphatic rings. The molecule has 1 aromatic heterocycles. The van der Waals surface area contributed by atoms with Gasteiger partial charge in [-0.1, -0.05) is 12.1 Å². The Labute approximate surface area is 114 Å². The minimum absolute atomic E-state index is 0.0770. The number of aromatic nitrogens is 1. The van der Waals surface area contributed by atoms with E-state index >= 15 is 0 Å². The first-order chi connectivity index (χ1) is 9.68. The standard InChI is InChI=1S/C13H10N4O3/c18-13(11-5-3-7-14-8-11)16-15-9-10-4-1-2-6-12(10)17(19)20/h1-9H,(H,16,18)/b15-9-. The normalized spacial score (nSPS) is 10.4. The molecule has 1 N–H and O–H groups in total. The van der Waals surface area contributed by atoms with Crippen molar-refractivity contribution in [1.29, 1.82) is 0 Å². The fraction of sp³-hybridized carbons (Fsp3) is 0. The average Bonchev–Trinajstić information content (AvgIpc) is 2.48. The molecule has 0 spiro atoms. The third-order valence-electron chi connectivity index (χ3n) is 2.43. The molecular weight excluding hydrogens is 260 g/mol. The molecule has 0 aliphatic carbocycles. The van der Waals surface area contributed by atoms with E-state index in [9.17, 15) is 14.9 Å². The fourth-order valence-corrected chi connectivity index (χ4v) is 1.49. The third-order valence-corrected chi connectivity index (χ3v) is 2.43. The second-order valence-corrected chi connectivity index (χ2v) is 3.76. The molecule has 2 rings (SSSR count). The minimum atomic E-state index is -0.510. The Hall–Kier alpha value is -3.09. The van der Waals surface area contributed by atoms with Crippen molar-refractivity contribution < 1.29 is 9.72 Å². The fourth-order valence-electron chi connectivity index (χ4n) is 1.49. The van der Waals surface area contributed by atoms with Gasteiger partial charge >= 0.3 is 0 Å². The lowest BCUT2D eigenvalue weighted by Gasteiger charge is -1.99. The topological polar surface area (TPSA) is 97.5 Å². The first-order valence-electron chi connectivity index (χ1n) is 5.65. The molecule has 0 aliphatic heterocycles. The van der Waals surface area contributed by atoms with E-state index in [1.54, 1.807) is 30.5 Å². The van der Waals surface area contributed by atoms with Gasteiger partial charge in [0.2, 0.25) is 0 Å². The molecule has 0 saturated carbocycles. The van der Waals surface area contributed by atoms with E-state index in [-0.39, 0.29) is 5.69 Å². The summed E-state index contributed by atoms with van der Waals surface area (Å²) in [5, 5.41) is 14.5. The maximum Gasteiger partial charge on any atom is 0.278 e. The smallest absolute Gasteiger partial charge is 0.267 e. The summed E-state index contributed by atoms with van der Waals surface area (Å²) in [4.78, 5) is 25.7. The van der Waals surface area contributed by atoms with E-state index in [1.807, 2.05) is 0 Å². The largest absolute Gasteiger partial charge is 0.278 e. The maximum atomic E-state index is 11.7. The summed E-state index contributed by atoms with van der Waals surface area (Å²) in [6.07, 6.45) is 4.18. The number of hydrazone groups is 1. The van der Waals surface area contributed by atoms with Crippen LogP contribution >= 0.6 is 0 Å². The molecule has 7 heteroatoms. The SMILES string of the molecule is O=C(N/N=C\c1ccccc1[N+](=O)[O-])c1cccnc1. The molecular formula is C13H10N4O3. The number of hydrogen-bond acceptors (Lipinski definition) is 5.